The Hall–Kier alpha value is -1.39. The maximum absolute atomic E-state index is 9.96. The molecule has 1 aromatic carbocycles. The molecule has 0 amide bonds. The number of aromatic nitrogens is 1. The molecule has 102 valence electrons. The molecule has 0 saturated carbocycles. The molecule has 0 spiro atoms. The van der Waals surface area contributed by atoms with Gasteiger partial charge in [-0.1, -0.05) is 32.0 Å². The van der Waals surface area contributed by atoms with E-state index in [1.54, 1.807) is 11.3 Å². The summed E-state index contributed by atoms with van der Waals surface area (Å²) in [6.07, 6.45) is 1.16. The van der Waals surface area contributed by atoms with Crippen molar-refractivity contribution in [3.05, 3.63) is 45.9 Å². The number of hydrogen-bond donors (Lipinski definition) is 1. The predicted octanol–water partition coefficient (Wildman–Crippen LogP) is 3.73. The van der Waals surface area contributed by atoms with Crippen molar-refractivity contribution < 1.29 is 9.84 Å². The van der Waals surface area contributed by atoms with Crippen LogP contribution in [0, 0.1) is 0 Å². The molecule has 0 saturated heterocycles. The zero-order chi connectivity index (χ0) is 13.7. The Bertz CT molecular complexity index is 524. The van der Waals surface area contributed by atoms with Crippen molar-refractivity contribution in [2.75, 3.05) is 0 Å². The lowest BCUT2D eigenvalue weighted by molar-refractivity contribution is 0.166. The van der Waals surface area contributed by atoms with Crippen molar-refractivity contribution >= 4 is 11.3 Å². The monoisotopic (exact) mass is 277 g/mol. The molecule has 1 atom stereocenters. The average molecular weight is 277 g/mol. The van der Waals surface area contributed by atoms with Crippen LogP contribution in [0.3, 0.4) is 0 Å². The summed E-state index contributed by atoms with van der Waals surface area (Å²) in [5.41, 5.74) is 1.79. The van der Waals surface area contributed by atoms with Crippen LogP contribution >= 0.6 is 11.3 Å². The number of nitrogens with zero attached hydrogens (tertiary/aromatic N) is 1. The van der Waals surface area contributed by atoms with E-state index in [0.717, 1.165) is 28.4 Å². The molecule has 3 nitrogen and oxygen atoms in total. The molecule has 1 heterocycles. The number of aliphatic hydroxyl groups excluding tert-OH is 1. The van der Waals surface area contributed by atoms with Crippen LogP contribution in [0.1, 0.15) is 42.6 Å². The summed E-state index contributed by atoms with van der Waals surface area (Å²) in [7, 11) is 0. The molecule has 0 fully saturated rings. The van der Waals surface area contributed by atoms with E-state index in [4.69, 9.17) is 4.74 Å². The molecule has 2 rings (SSSR count). The minimum atomic E-state index is -0.474. The number of ether oxygens (including phenoxy) is 1. The van der Waals surface area contributed by atoms with E-state index in [0.29, 0.717) is 13.0 Å². The van der Waals surface area contributed by atoms with Crippen LogP contribution in [0.4, 0.5) is 0 Å². The van der Waals surface area contributed by atoms with Crippen LogP contribution in [0.2, 0.25) is 0 Å². The quantitative estimate of drug-likeness (QED) is 0.875. The minimum absolute atomic E-state index is 0.448. The average Bonchev–Trinajstić information content (AvgIpc) is 2.92. The molecular weight excluding hydrogens is 258 g/mol. The third kappa shape index (κ3) is 3.55. The van der Waals surface area contributed by atoms with E-state index in [1.165, 1.54) is 0 Å². The van der Waals surface area contributed by atoms with E-state index in [9.17, 15) is 5.11 Å². The Morgan fingerprint density at radius 3 is 2.79 bits per heavy atom. The van der Waals surface area contributed by atoms with Crippen LogP contribution in [0.25, 0.3) is 0 Å². The highest BCUT2D eigenvalue weighted by Crippen LogP contribution is 2.27. The Labute approximate surface area is 117 Å². The van der Waals surface area contributed by atoms with Crippen LogP contribution < -0.4 is 4.74 Å². The molecule has 0 aliphatic heterocycles. The number of rotatable bonds is 6. The largest absolute Gasteiger partial charge is 0.487 e. The van der Waals surface area contributed by atoms with Crippen LogP contribution in [-0.4, -0.2) is 10.1 Å². The summed E-state index contributed by atoms with van der Waals surface area (Å²) in [5.74, 6) is 0.739. The number of thiazole rings is 1. The minimum Gasteiger partial charge on any atom is -0.487 e. The second kappa shape index (κ2) is 6.68. The second-order valence-corrected chi connectivity index (χ2v) is 5.28. The van der Waals surface area contributed by atoms with Gasteiger partial charge in [0, 0.05) is 10.9 Å². The number of hydrogen-bond acceptors (Lipinski definition) is 4. The highest BCUT2D eigenvalue weighted by atomic mass is 32.1. The third-order valence-corrected chi connectivity index (χ3v) is 3.98. The Morgan fingerprint density at radius 1 is 1.32 bits per heavy atom. The fraction of sp³-hybridized carbons (Fsp3) is 0.400. The molecule has 2 aromatic rings. The normalized spacial score (nSPS) is 12.4. The lowest BCUT2D eigenvalue weighted by atomic mass is 10.1. The maximum Gasteiger partial charge on any atom is 0.131 e. The lowest BCUT2D eigenvalue weighted by Crippen LogP contribution is -2.02. The summed E-state index contributed by atoms with van der Waals surface area (Å²) in [6, 6.07) is 7.63. The Kier molecular flexibility index (Phi) is 4.93. The molecular formula is C15H19NO2S. The van der Waals surface area contributed by atoms with Crippen molar-refractivity contribution in [1.29, 1.82) is 0 Å². The van der Waals surface area contributed by atoms with Crippen molar-refractivity contribution in [3.8, 4) is 5.75 Å². The number of para-hydroxylation sites is 1. The van der Waals surface area contributed by atoms with E-state index < -0.39 is 6.10 Å². The van der Waals surface area contributed by atoms with E-state index in [1.807, 2.05) is 36.6 Å². The van der Waals surface area contributed by atoms with Crippen molar-refractivity contribution in [2.24, 2.45) is 0 Å². The van der Waals surface area contributed by atoms with Gasteiger partial charge in [-0.25, -0.2) is 4.98 Å². The van der Waals surface area contributed by atoms with Crippen molar-refractivity contribution in [1.82, 2.24) is 4.98 Å². The van der Waals surface area contributed by atoms with Gasteiger partial charge in [0.15, 0.2) is 0 Å². The predicted molar refractivity (Wildman–Crippen MR) is 77.5 cm³/mol. The van der Waals surface area contributed by atoms with Crippen LogP contribution in [-0.2, 0) is 13.0 Å². The third-order valence-electron chi connectivity index (χ3n) is 2.94. The van der Waals surface area contributed by atoms with E-state index >= 15 is 0 Å². The molecule has 0 radical (unpaired) electrons. The van der Waals surface area contributed by atoms with Gasteiger partial charge in [0.2, 0.25) is 0 Å². The zero-order valence-electron chi connectivity index (χ0n) is 11.3. The first kappa shape index (κ1) is 14.0. The fourth-order valence-corrected chi connectivity index (χ4v) is 2.57. The summed E-state index contributed by atoms with van der Waals surface area (Å²) in [6.45, 7) is 4.50. The Balaban J connectivity index is 2.06. The summed E-state index contributed by atoms with van der Waals surface area (Å²) in [4.78, 5) is 4.47. The summed E-state index contributed by atoms with van der Waals surface area (Å²) >= 11 is 1.66. The standard InChI is InChI=1S/C15H19NO2S/c1-3-13(17)12-7-5-6-8-14(12)18-9-11-10-19-15(4-2)16-11/h5-8,10,13,17H,3-4,9H2,1-2H3. The van der Waals surface area contributed by atoms with Gasteiger partial charge in [-0.2, -0.15) is 0 Å². The molecule has 1 N–H and O–H groups in total. The van der Waals surface area contributed by atoms with Gasteiger partial charge in [0.05, 0.1) is 16.8 Å². The van der Waals surface area contributed by atoms with E-state index in [2.05, 4.69) is 11.9 Å². The smallest absolute Gasteiger partial charge is 0.131 e. The first-order valence-corrected chi connectivity index (χ1v) is 7.45. The van der Waals surface area contributed by atoms with Gasteiger partial charge >= 0.3 is 0 Å². The number of aliphatic hydroxyl groups is 1. The topological polar surface area (TPSA) is 42.4 Å². The van der Waals surface area contributed by atoms with Gasteiger partial charge < -0.3 is 9.84 Å². The maximum atomic E-state index is 9.96. The SMILES string of the molecule is CCc1nc(COc2ccccc2C(O)CC)cs1. The van der Waals surface area contributed by atoms with Gasteiger partial charge in [-0.3, -0.25) is 0 Å². The van der Waals surface area contributed by atoms with Crippen LogP contribution in [0.15, 0.2) is 29.6 Å². The number of aryl methyl sites for hydroxylation is 1. The van der Waals surface area contributed by atoms with Crippen molar-refractivity contribution in [2.45, 2.75) is 39.4 Å². The highest BCUT2D eigenvalue weighted by Gasteiger charge is 2.11. The lowest BCUT2D eigenvalue weighted by Gasteiger charge is -2.14. The fourth-order valence-electron chi connectivity index (χ4n) is 1.84. The molecule has 0 aliphatic rings. The number of benzene rings is 1. The molecule has 19 heavy (non-hydrogen) atoms. The van der Waals surface area contributed by atoms with Gasteiger partial charge in [0.1, 0.15) is 12.4 Å². The van der Waals surface area contributed by atoms with E-state index in [-0.39, 0.29) is 0 Å². The van der Waals surface area contributed by atoms with Crippen molar-refractivity contribution in [3.63, 3.8) is 0 Å². The molecule has 1 aromatic heterocycles. The molecule has 0 bridgehead atoms. The molecule has 1 unspecified atom stereocenters. The summed E-state index contributed by atoms with van der Waals surface area (Å²) in [5, 5.41) is 13.1. The first-order valence-electron chi connectivity index (χ1n) is 6.57. The van der Waals surface area contributed by atoms with Gasteiger partial charge in [-0.05, 0) is 18.9 Å². The zero-order valence-corrected chi connectivity index (χ0v) is 12.1. The Morgan fingerprint density at radius 2 is 2.11 bits per heavy atom. The molecule has 0 aliphatic carbocycles. The van der Waals surface area contributed by atoms with Gasteiger partial charge in [0.25, 0.3) is 0 Å². The van der Waals surface area contributed by atoms with Crippen LogP contribution in [0.5, 0.6) is 5.75 Å². The van der Waals surface area contributed by atoms with Gasteiger partial charge in [-0.15, -0.1) is 11.3 Å². The first-order chi connectivity index (χ1) is 9.24. The molecule has 4 heteroatoms. The summed E-state index contributed by atoms with van der Waals surface area (Å²) < 4.78 is 5.79. The second-order valence-electron chi connectivity index (χ2n) is 4.34. The highest BCUT2D eigenvalue weighted by molar-refractivity contribution is 7.09.